The number of aromatic nitrogens is 2. The lowest BCUT2D eigenvalue weighted by Gasteiger charge is -2.36. The maximum atomic E-state index is 11.9. The van der Waals surface area contributed by atoms with Crippen LogP contribution in [0.15, 0.2) is 12.4 Å². The maximum absolute atomic E-state index is 11.9. The molecule has 1 fully saturated rings. The zero-order chi connectivity index (χ0) is 13.9. The molecule has 0 saturated carbocycles. The second-order valence-electron chi connectivity index (χ2n) is 5.05. The van der Waals surface area contributed by atoms with Gasteiger partial charge in [0.2, 0.25) is 0 Å². The van der Waals surface area contributed by atoms with E-state index < -0.39 is 11.4 Å². The van der Waals surface area contributed by atoms with Crippen LogP contribution in [-0.2, 0) is 11.3 Å². The molecule has 0 atom stereocenters. The largest absolute Gasteiger partial charge is 0.481 e. The summed E-state index contributed by atoms with van der Waals surface area (Å²) in [6.07, 6.45) is 4.29. The highest BCUT2D eigenvalue weighted by atomic mass is 16.4. The molecule has 0 spiro atoms. The number of imidazole rings is 1. The Morgan fingerprint density at radius 3 is 2.74 bits per heavy atom. The van der Waals surface area contributed by atoms with E-state index in [2.05, 4.69) is 15.3 Å². The molecule has 0 aromatic carbocycles. The van der Waals surface area contributed by atoms with E-state index in [-0.39, 0.29) is 6.03 Å². The average molecular weight is 266 g/mol. The number of nitrogens with zero attached hydrogens (tertiary/aromatic N) is 2. The normalized spacial score (nSPS) is 18.1. The number of carboxylic acid groups (broad SMARTS) is 1. The number of likely N-dealkylation sites (tertiary alicyclic amines) is 1. The van der Waals surface area contributed by atoms with E-state index in [0.717, 1.165) is 0 Å². The van der Waals surface area contributed by atoms with Crippen LogP contribution in [0, 0.1) is 5.41 Å². The van der Waals surface area contributed by atoms with E-state index in [9.17, 15) is 9.59 Å². The highest BCUT2D eigenvalue weighted by Crippen LogP contribution is 2.30. The molecule has 7 nitrogen and oxygen atoms in total. The minimum absolute atomic E-state index is 0.177. The van der Waals surface area contributed by atoms with Gasteiger partial charge in [0.05, 0.1) is 12.0 Å². The number of nitrogens with one attached hydrogen (secondary N) is 2. The van der Waals surface area contributed by atoms with Crippen molar-refractivity contribution in [3.63, 3.8) is 0 Å². The number of aromatic amines is 1. The van der Waals surface area contributed by atoms with Gasteiger partial charge in [0.1, 0.15) is 5.82 Å². The minimum atomic E-state index is -0.789. The van der Waals surface area contributed by atoms with Crippen molar-refractivity contribution in [3.05, 3.63) is 18.2 Å². The smallest absolute Gasteiger partial charge is 0.317 e. The van der Waals surface area contributed by atoms with Crippen LogP contribution in [0.5, 0.6) is 0 Å². The minimum Gasteiger partial charge on any atom is -0.481 e. The van der Waals surface area contributed by atoms with Crippen LogP contribution >= 0.6 is 0 Å². The summed E-state index contributed by atoms with van der Waals surface area (Å²) in [5.41, 5.74) is -0.711. The predicted octanol–water partition coefficient (Wildman–Crippen LogP) is 0.806. The highest BCUT2D eigenvalue weighted by molar-refractivity contribution is 5.76. The molecule has 0 bridgehead atoms. The number of rotatable bonds is 3. The van der Waals surface area contributed by atoms with Crippen LogP contribution in [0.25, 0.3) is 0 Å². The van der Waals surface area contributed by atoms with Gasteiger partial charge < -0.3 is 20.3 Å². The molecular formula is C12H18N4O3. The van der Waals surface area contributed by atoms with E-state index in [1.165, 1.54) is 0 Å². The monoisotopic (exact) mass is 266 g/mol. The Hall–Kier alpha value is -2.05. The third-order valence-electron chi connectivity index (χ3n) is 3.63. The lowest BCUT2D eigenvalue weighted by molar-refractivity contribution is -0.150. The summed E-state index contributed by atoms with van der Waals surface area (Å²) in [5.74, 6) is -0.0936. The number of carbonyl (C=O) groups is 2. The Bertz CT molecular complexity index is 450. The van der Waals surface area contributed by atoms with E-state index in [1.807, 2.05) is 0 Å². The van der Waals surface area contributed by atoms with Crippen LogP contribution in [0.1, 0.15) is 25.6 Å². The fourth-order valence-corrected chi connectivity index (χ4v) is 2.08. The molecule has 19 heavy (non-hydrogen) atoms. The van der Waals surface area contributed by atoms with Crippen molar-refractivity contribution in [2.75, 3.05) is 13.1 Å². The maximum Gasteiger partial charge on any atom is 0.317 e. The second kappa shape index (κ2) is 5.29. The van der Waals surface area contributed by atoms with Gasteiger partial charge in [0.15, 0.2) is 0 Å². The Morgan fingerprint density at radius 1 is 1.53 bits per heavy atom. The number of carbonyl (C=O) groups excluding carboxylic acids is 1. The van der Waals surface area contributed by atoms with Crippen LogP contribution in [0.2, 0.25) is 0 Å². The SMILES string of the molecule is CC1(C(=O)O)CCN(C(=O)NCc2ncc[nH]2)CC1. The highest BCUT2D eigenvalue weighted by Gasteiger charge is 2.37. The fraction of sp³-hybridized carbons (Fsp3) is 0.583. The van der Waals surface area contributed by atoms with Gasteiger partial charge in [-0.05, 0) is 19.8 Å². The molecule has 1 aromatic heterocycles. The number of hydrogen-bond acceptors (Lipinski definition) is 3. The zero-order valence-electron chi connectivity index (χ0n) is 10.8. The van der Waals surface area contributed by atoms with E-state index in [4.69, 9.17) is 5.11 Å². The summed E-state index contributed by atoms with van der Waals surface area (Å²) < 4.78 is 0. The van der Waals surface area contributed by atoms with Gasteiger partial charge in [-0.3, -0.25) is 4.79 Å². The number of amides is 2. The molecule has 3 N–H and O–H groups in total. The van der Waals surface area contributed by atoms with Gasteiger partial charge in [-0.1, -0.05) is 0 Å². The zero-order valence-corrected chi connectivity index (χ0v) is 10.8. The van der Waals surface area contributed by atoms with Crippen LogP contribution in [0.3, 0.4) is 0 Å². The van der Waals surface area contributed by atoms with E-state index >= 15 is 0 Å². The Kier molecular flexibility index (Phi) is 3.73. The van der Waals surface area contributed by atoms with Gasteiger partial charge in [-0.25, -0.2) is 9.78 Å². The lowest BCUT2D eigenvalue weighted by atomic mass is 9.80. The first-order chi connectivity index (χ1) is 9.01. The molecule has 1 aliphatic heterocycles. The summed E-state index contributed by atoms with van der Waals surface area (Å²) in [7, 11) is 0. The first-order valence-corrected chi connectivity index (χ1v) is 6.26. The first kappa shape index (κ1) is 13.4. The molecular weight excluding hydrogens is 248 g/mol. The van der Waals surface area contributed by atoms with Crippen molar-refractivity contribution in [3.8, 4) is 0 Å². The molecule has 2 heterocycles. The number of piperidine rings is 1. The molecule has 104 valence electrons. The summed E-state index contributed by atoms with van der Waals surface area (Å²) >= 11 is 0. The van der Waals surface area contributed by atoms with Crippen molar-refractivity contribution in [1.82, 2.24) is 20.2 Å². The topological polar surface area (TPSA) is 98.3 Å². The third-order valence-corrected chi connectivity index (χ3v) is 3.63. The molecule has 1 aliphatic rings. The number of H-pyrrole nitrogens is 1. The molecule has 0 unspecified atom stereocenters. The van der Waals surface area contributed by atoms with E-state index in [1.54, 1.807) is 24.2 Å². The number of urea groups is 1. The van der Waals surface area contributed by atoms with Crippen LogP contribution < -0.4 is 5.32 Å². The van der Waals surface area contributed by atoms with Crippen molar-refractivity contribution in [2.45, 2.75) is 26.3 Å². The fourth-order valence-electron chi connectivity index (χ4n) is 2.08. The molecule has 1 aromatic rings. The number of hydrogen-bond donors (Lipinski definition) is 3. The van der Waals surface area contributed by atoms with Gasteiger partial charge in [0, 0.05) is 25.5 Å². The standard InChI is InChI=1S/C12H18N4O3/c1-12(10(17)18)2-6-16(7-3-12)11(19)15-8-9-13-4-5-14-9/h4-5H,2-3,6-8H2,1H3,(H,13,14)(H,15,19)(H,17,18). The molecule has 2 rings (SSSR count). The van der Waals surface area contributed by atoms with Gasteiger partial charge in [-0.15, -0.1) is 0 Å². The Morgan fingerprint density at radius 2 is 2.21 bits per heavy atom. The third kappa shape index (κ3) is 3.04. The van der Waals surface area contributed by atoms with Gasteiger partial charge in [0.25, 0.3) is 0 Å². The Labute approximate surface area is 111 Å². The van der Waals surface area contributed by atoms with Crippen molar-refractivity contribution < 1.29 is 14.7 Å². The summed E-state index contributed by atoms with van der Waals surface area (Å²) in [4.78, 5) is 31.6. The van der Waals surface area contributed by atoms with Crippen LogP contribution in [-0.4, -0.2) is 45.1 Å². The summed E-state index contributed by atoms with van der Waals surface area (Å²) in [6.45, 7) is 3.01. The van der Waals surface area contributed by atoms with Crippen LogP contribution in [0.4, 0.5) is 4.79 Å². The average Bonchev–Trinajstić information content (AvgIpc) is 2.90. The summed E-state index contributed by atoms with van der Waals surface area (Å²) in [6, 6.07) is -0.177. The lowest BCUT2D eigenvalue weighted by Crippen LogP contribution is -2.48. The van der Waals surface area contributed by atoms with Crippen molar-refractivity contribution in [1.29, 1.82) is 0 Å². The van der Waals surface area contributed by atoms with Gasteiger partial charge in [-0.2, -0.15) is 0 Å². The molecule has 2 amide bonds. The van der Waals surface area contributed by atoms with Crippen molar-refractivity contribution in [2.24, 2.45) is 5.41 Å². The van der Waals surface area contributed by atoms with Crippen molar-refractivity contribution >= 4 is 12.0 Å². The van der Waals surface area contributed by atoms with Gasteiger partial charge >= 0.3 is 12.0 Å². The quantitative estimate of drug-likeness (QED) is 0.753. The summed E-state index contributed by atoms with van der Waals surface area (Å²) in [5, 5.41) is 11.9. The second-order valence-corrected chi connectivity index (χ2v) is 5.05. The molecule has 0 aliphatic carbocycles. The molecule has 7 heteroatoms. The number of aliphatic carboxylic acids is 1. The first-order valence-electron chi connectivity index (χ1n) is 6.26. The molecule has 1 saturated heterocycles. The van der Waals surface area contributed by atoms with E-state index in [0.29, 0.717) is 38.3 Å². The predicted molar refractivity (Wildman–Crippen MR) is 67.4 cm³/mol. The molecule has 0 radical (unpaired) electrons. The Balaban J connectivity index is 1.81. The number of carboxylic acids is 1.